The zero-order valence-corrected chi connectivity index (χ0v) is 14.0. The van der Waals surface area contributed by atoms with Crippen molar-refractivity contribution in [3.8, 4) is 0 Å². The first-order valence-electron chi connectivity index (χ1n) is 7.91. The normalized spacial score (nSPS) is 19.6. The second kappa shape index (κ2) is 7.30. The van der Waals surface area contributed by atoms with Gasteiger partial charge < -0.3 is 9.84 Å². The Labute approximate surface area is 134 Å². The summed E-state index contributed by atoms with van der Waals surface area (Å²) in [5.41, 5.74) is 0. The van der Waals surface area contributed by atoms with E-state index in [1.165, 1.54) is 17.7 Å². The van der Waals surface area contributed by atoms with Crippen LogP contribution in [0.1, 0.15) is 41.4 Å². The Morgan fingerprint density at radius 2 is 2.41 bits per heavy atom. The van der Waals surface area contributed by atoms with Crippen LogP contribution in [0, 0.1) is 6.92 Å². The second-order valence-corrected chi connectivity index (χ2v) is 7.08. The van der Waals surface area contributed by atoms with Crippen molar-refractivity contribution in [3.05, 3.63) is 27.8 Å². The first-order valence-corrected chi connectivity index (χ1v) is 8.73. The Morgan fingerprint density at radius 1 is 1.50 bits per heavy atom. The molecule has 22 heavy (non-hydrogen) atoms. The van der Waals surface area contributed by atoms with E-state index in [1.807, 2.05) is 20.0 Å². The fourth-order valence-electron chi connectivity index (χ4n) is 2.80. The largest absolute Gasteiger partial charge is 0.339 e. The van der Waals surface area contributed by atoms with Crippen LogP contribution in [-0.4, -0.2) is 39.2 Å². The number of nitrogens with one attached hydrogen (secondary N) is 1. The van der Waals surface area contributed by atoms with Crippen LogP contribution in [0.5, 0.6) is 0 Å². The third-order valence-corrected chi connectivity index (χ3v) is 4.83. The maximum absolute atomic E-state index is 5.18. The van der Waals surface area contributed by atoms with Gasteiger partial charge in [-0.3, -0.25) is 4.90 Å². The molecule has 0 bridgehead atoms. The molecule has 0 spiro atoms. The lowest BCUT2D eigenvalue weighted by Crippen LogP contribution is -2.45. The maximum atomic E-state index is 5.18. The number of likely N-dealkylation sites (tertiary alicyclic amines) is 1. The number of piperidine rings is 1. The van der Waals surface area contributed by atoms with Gasteiger partial charge in [0.05, 0.1) is 11.6 Å². The molecule has 2 aromatic rings. The lowest BCUT2D eigenvalue weighted by Gasteiger charge is -2.32. The summed E-state index contributed by atoms with van der Waals surface area (Å²) in [5.74, 6) is 1.53. The minimum Gasteiger partial charge on any atom is -0.339 e. The van der Waals surface area contributed by atoms with Crippen molar-refractivity contribution in [2.75, 3.05) is 13.1 Å². The lowest BCUT2D eigenvalue weighted by molar-refractivity contribution is 0.177. The minimum absolute atomic E-state index is 0.522. The van der Waals surface area contributed by atoms with Crippen molar-refractivity contribution in [2.45, 2.75) is 52.2 Å². The summed E-state index contributed by atoms with van der Waals surface area (Å²) in [6.07, 6.45) is 5.20. The molecule has 2 aromatic heterocycles. The van der Waals surface area contributed by atoms with Crippen molar-refractivity contribution in [3.63, 3.8) is 0 Å². The van der Waals surface area contributed by atoms with E-state index >= 15 is 0 Å². The van der Waals surface area contributed by atoms with Crippen molar-refractivity contribution >= 4 is 11.3 Å². The smallest absolute Gasteiger partial charge is 0.226 e. The molecule has 7 heteroatoms. The van der Waals surface area contributed by atoms with Crippen LogP contribution in [0.2, 0.25) is 0 Å². The van der Waals surface area contributed by atoms with E-state index in [-0.39, 0.29) is 0 Å². The van der Waals surface area contributed by atoms with Gasteiger partial charge in [-0.1, -0.05) is 12.1 Å². The third kappa shape index (κ3) is 4.12. The summed E-state index contributed by atoms with van der Waals surface area (Å²) in [6.45, 7) is 7.90. The van der Waals surface area contributed by atoms with Crippen LogP contribution >= 0.6 is 11.3 Å². The highest BCUT2D eigenvalue weighted by Crippen LogP contribution is 2.15. The Balaban J connectivity index is 1.48. The zero-order valence-electron chi connectivity index (χ0n) is 13.2. The highest BCUT2D eigenvalue weighted by Gasteiger charge is 2.21. The average molecular weight is 321 g/mol. The van der Waals surface area contributed by atoms with Gasteiger partial charge in [0.25, 0.3) is 0 Å². The Hall–Kier alpha value is -1.31. The van der Waals surface area contributed by atoms with E-state index in [4.69, 9.17) is 4.52 Å². The monoisotopic (exact) mass is 321 g/mol. The SMILES string of the molecule is CCc1nc(CN2CCC[C@H](NCc3cnc(C)s3)C2)no1. The molecular formula is C15H23N5OS. The van der Waals surface area contributed by atoms with Gasteiger partial charge in [0.2, 0.25) is 5.89 Å². The molecule has 6 nitrogen and oxygen atoms in total. The van der Waals surface area contributed by atoms with Gasteiger partial charge in [0.15, 0.2) is 5.82 Å². The van der Waals surface area contributed by atoms with Crippen LogP contribution in [0.25, 0.3) is 0 Å². The van der Waals surface area contributed by atoms with Crippen LogP contribution in [0.15, 0.2) is 10.7 Å². The molecule has 1 saturated heterocycles. The Morgan fingerprint density at radius 3 is 3.14 bits per heavy atom. The summed E-state index contributed by atoms with van der Waals surface area (Å²) in [6, 6.07) is 0.522. The fraction of sp³-hybridized carbons (Fsp3) is 0.667. The molecule has 1 atom stereocenters. The molecule has 3 heterocycles. The van der Waals surface area contributed by atoms with E-state index in [9.17, 15) is 0 Å². The Bertz CT molecular complexity index is 596. The van der Waals surface area contributed by atoms with Gasteiger partial charge in [-0.05, 0) is 26.3 Å². The van der Waals surface area contributed by atoms with Gasteiger partial charge in [0, 0.05) is 36.6 Å². The van der Waals surface area contributed by atoms with Crippen molar-refractivity contribution in [2.24, 2.45) is 0 Å². The van der Waals surface area contributed by atoms with Gasteiger partial charge in [0.1, 0.15) is 0 Å². The standard InChI is InChI=1S/C15H23N5OS/c1-3-15-18-14(19-21-15)10-20-6-4-5-12(9-20)17-8-13-7-16-11(2)22-13/h7,12,17H,3-6,8-10H2,1-2H3/t12-/m0/s1. The van der Waals surface area contributed by atoms with Crippen molar-refractivity contribution < 1.29 is 4.52 Å². The van der Waals surface area contributed by atoms with Crippen molar-refractivity contribution in [1.82, 2.24) is 25.3 Å². The number of nitrogens with zero attached hydrogens (tertiary/aromatic N) is 4. The van der Waals surface area contributed by atoms with E-state index in [0.29, 0.717) is 6.04 Å². The van der Waals surface area contributed by atoms with E-state index in [1.54, 1.807) is 11.3 Å². The predicted molar refractivity (Wildman–Crippen MR) is 85.7 cm³/mol. The fourth-order valence-corrected chi connectivity index (χ4v) is 3.54. The molecule has 0 saturated carbocycles. The molecule has 1 fully saturated rings. The summed E-state index contributed by atoms with van der Waals surface area (Å²) in [4.78, 5) is 12.4. The van der Waals surface area contributed by atoms with E-state index < -0.39 is 0 Å². The van der Waals surface area contributed by atoms with E-state index in [0.717, 1.165) is 49.3 Å². The average Bonchev–Trinajstić information content (AvgIpc) is 3.14. The van der Waals surface area contributed by atoms with Gasteiger partial charge >= 0.3 is 0 Å². The molecular weight excluding hydrogens is 298 g/mol. The summed E-state index contributed by atoms with van der Waals surface area (Å²) in [7, 11) is 0. The van der Waals surface area contributed by atoms with Crippen molar-refractivity contribution in [1.29, 1.82) is 0 Å². The predicted octanol–water partition coefficient (Wildman–Crippen LogP) is 2.15. The molecule has 1 aliphatic heterocycles. The molecule has 0 radical (unpaired) electrons. The number of hydrogen-bond acceptors (Lipinski definition) is 7. The highest BCUT2D eigenvalue weighted by molar-refractivity contribution is 7.11. The third-order valence-electron chi connectivity index (χ3n) is 3.92. The molecule has 0 aliphatic carbocycles. The van der Waals surface area contributed by atoms with Crippen LogP contribution < -0.4 is 5.32 Å². The first-order chi connectivity index (χ1) is 10.7. The van der Waals surface area contributed by atoms with Gasteiger partial charge in [-0.25, -0.2) is 4.98 Å². The quantitative estimate of drug-likeness (QED) is 0.879. The molecule has 1 N–H and O–H groups in total. The molecule has 120 valence electrons. The Kier molecular flexibility index (Phi) is 5.17. The molecule has 0 amide bonds. The summed E-state index contributed by atoms with van der Waals surface area (Å²) in [5, 5.41) is 8.83. The maximum Gasteiger partial charge on any atom is 0.226 e. The molecule has 3 rings (SSSR count). The van der Waals surface area contributed by atoms with Crippen LogP contribution in [0.4, 0.5) is 0 Å². The zero-order chi connectivity index (χ0) is 15.4. The van der Waals surface area contributed by atoms with Gasteiger partial charge in [-0.15, -0.1) is 11.3 Å². The van der Waals surface area contributed by atoms with Crippen LogP contribution in [0.3, 0.4) is 0 Å². The van der Waals surface area contributed by atoms with Gasteiger partial charge in [-0.2, -0.15) is 4.98 Å². The number of rotatable bonds is 6. The summed E-state index contributed by atoms with van der Waals surface area (Å²) >= 11 is 1.77. The first kappa shape index (κ1) is 15.6. The molecule has 0 aromatic carbocycles. The number of aromatic nitrogens is 3. The number of thiazole rings is 1. The highest BCUT2D eigenvalue weighted by atomic mass is 32.1. The summed E-state index contributed by atoms with van der Waals surface area (Å²) < 4.78 is 5.18. The number of hydrogen-bond donors (Lipinski definition) is 1. The molecule has 0 unspecified atom stereocenters. The molecule has 1 aliphatic rings. The lowest BCUT2D eigenvalue weighted by atomic mass is 10.1. The van der Waals surface area contributed by atoms with E-state index in [2.05, 4.69) is 25.3 Å². The topological polar surface area (TPSA) is 67.1 Å². The minimum atomic E-state index is 0.522. The van der Waals surface area contributed by atoms with Crippen LogP contribution in [-0.2, 0) is 19.5 Å². The second-order valence-electron chi connectivity index (χ2n) is 5.76. The number of aryl methyl sites for hydroxylation is 2.